The molecule has 5 nitrogen and oxygen atoms in total. The summed E-state index contributed by atoms with van der Waals surface area (Å²) in [5, 5.41) is 0. The summed E-state index contributed by atoms with van der Waals surface area (Å²) in [6.45, 7) is 0. The second kappa shape index (κ2) is 14.8. The van der Waals surface area contributed by atoms with Crippen LogP contribution in [0.1, 0.15) is 22.8 Å². The zero-order chi connectivity index (χ0) is 38.1. The highest BCUT2D eigenvalue weighted by molar-refractivity contribution is 9.10. The van der Waals surface area contributed by atoms with Crippen molar-refractivity contribution in [3.05, 3.63) is 197 Å². The molecule has 8 bridgehead atoms. The second-order valence-corrected chi connectivity index (χ2v) is 14.8. The number of hydrogen-bond donors (Lipinski definition) is 2. The maximum Gasteiger partial charge on any atom is 0.0825 e. The van der Waals surface area contributed by atoms with Crippen molar-refractivity contribution < 1.29 is 0 Å². The Morgan fingerprint density at radius 1 is 0.421 bits per heavy atom. The van der Waals surface area contributed by atoms with Gasteiger partial charge in [-0.3, -0.25) is 4.99 Å². The zero-order valence-corrected chi connectivity index (χ0v) is 32.3. The first-order valence-corrected chi connectivity index (χ1v) is 19.7. The van der Waals surface area contributed by atoms with Gasteiger partial charge in [-0.25, -0.2) is 9.97 Å². The fourth-order valence-corrected chi connectivity index (χ4v) is 7.97. The van der Waals surface area contributed by atoms with Crippen molar-refractivity contribution in [2.75, 3.05) is 0 Å². The molecule has 0 saturated carbocycles. The summed E-state index contributed by atoms with van der Waals surface area (Å²) < 4.78 is 1.01. The number of aromatic amines is 2. The molecular weight excluding hydrogens is 762 g/mol. The van der Waals surface area contributed by atoms with Gasteiger partial charge < -0.3 is 9.97 Å². The summed E-state index contributed by atoms with van der Waals surface area (Å²) in [6.07, 6.45) is 8.37. The number of H-pyrrole nitrogens is 2. The van der Waals surface area contributed by atoms with Gasteiger partial charge in [0.15, 0.2) is 0 Å². The lowest BCUT2D eigenvalue weighted by Crippen LogP contribution is -1.91. The summed E-state index contributed by atoms with van der Waals surface area (Å²) in [4.78, 5) is 23.7. The second-order valence-electron chi connectivity index (χ2n) is 13.9. The Morgan fingerprint density at radius 3 is 1.28 bits per heavy atom. The first kappa shape index (κ1) is 34.3. The molecule has 57 heavy (non-hydrogen) atoms. The molecule has 5 heterocycles. The smallest absolute Gasteiger partial charge is 0.0825 e. The number of nitrogens with zero attached hydrogens (tertiary/aromatic N) is 3. The number of aromatic nitrogens is 4. The molecule has 0 unspecified atom stereocenters. The third kappa shape index (κ3) is 6.66. The highest BCUT2D eigenvalue weighted by Crippen LogP contribution is 2.40. The highest BCUT2D eigenvalue weighted by atomic mass is 79.9. The molecule has 0 fully saturated rings. The lowest BCUT2D eigenvalue weighted by molar-refractivity contribution is 1.31. The number of benzene rings is 5. The molecular formula is C51H34BrN5. The number of halogens is 1. The normalized spacial score (nSPS) is 12.3. The predicted octanol–water partition coefficient (Wildman–Crippen LogP) is 13.9. The lowest BCUT2D eigenvalue weighted by atomic mass is 10.00. The quantitative estimate of drug-likeness (QED) is 0.165. The molecule has 10 rings (SSSR count). The molecule has 2 N–H and O–H groups in total. The van der Waals surface area contributed by atoms with E-state index in [0.717, 1.165) is 105 Å². The fraction of sp³-hybridized carbons (Fsp3) is 0. The number of rotatable bonds is 6. The van der Waals surface area contributed by atoms with E-state index in [1.54, 1.807) is 0 Å². The van der Waals surface area contributed by atoms with E-state index in [-0.39, 0.29) is 0 Å². The van der Waals surface area contributed by atoms with Gasteiger partial charge in [-0.2, -0.15) is 0 Å². The summed E-state index contributed by atoms with van der Waals surface area (Å²) in [5.41, 5.74) is 17.2. The van der Waals surface area contributed by atoms with Crippen molar-refractivity contribution in [1.29, 1.82) is 0 Å². The molecule has 270 valence electrons. The average molecular weight is 797 g/mol. The van der Waals surface area contributed by atoms with E-state index < -0.39 is 0 Å². The van der Waals surface area contributed by atoms with E-state index in [4.69, 9.17) is 15.0 Å². The molecule has 0 aliphatic carbocycles. The summed E-state index contributed by atoms with van der Waals surface area (Å²) >= 11 is 3.57. The average Bonchev–Trinajstić information content (AvgIpc) is 4.10. The SMILES string of the molecule is Brc1ccc(N=CC2=Cc3nc2c(-c2ccccc2)c2ccc([nH]2)c(-c2ccccc2)c2nc(c(-c4ccccc4)c4ccc([nH]4)c3-c3ccccc3)C=C2)cc1. The van der Waals surface area contributed by atoms with Crippen LogP contribution in [0, 0.1) is 0 Å². The number of aliphatic imine (C=N–C) groups is 1. The van der Waals surface area contributed by atoms with E-state index in [1.165, 1.54) is 0 Å². The summed E-state index contributed by atoms with van der Waals surface area (Å²) in [7, 11) is 0. The molecule has 0 radical (unpaired) electrons. The van der Waals surface area contributed by atoms with Gasteiger partial charge in [0, 0.05) is 60.6 Å². The summed E-state index contributed by atoms with van der Waals surface area (Å²) in [6, 6.07) is 58.6. The Bertz CT molecular complexity index is 3030. The Hall–Kier alpha value is -7.15. The van der Waals surface area contributed by atoms with Gasteiger partial charge >= 0.3 is 0 Å². The van der Waals surface area contributed by atoms with E-state index in [2.05, 4.69) is 165 Å². The summed E-state index contributed by atoms with van der Waals surface area (Å²) in [5.74, 6) is 0. The third-order valence-corrected chi connectivity index (χ3v) is 10.9. The van der Waals surface area contributed by atoms with Gasteiger partial charge in [0.2, 0.25) is 0 Å². The van der Waals surface area contributed by atoms with Gasteiger partial charge in [0.05, 0.1) is 28.5 Å². The number of hydrogen-bond acceptors (Lipinski definition) is 3. The number of allylic oxidation sites excluding steroid dienone is 1. The minimum absolute atomic E-state index is 0.823. The maximum atomic E-state index is 5.58. The van der Waals surface area contributed by atoms with E-state index >= 15 is 0 Å². The Labute approximate surface area is 338 Å². The number of nitrogens with one attached hydrogen (secondary N) is 2. The molecule has 0 amide bonds. The molecule has 5 aromatic carbocycles. The van der Waals surface area contributed by atoms with Crippen LogP contribution in [0.3, 0.4) is 0 Å². The van der Waals surface area contributed by atoms with Gasteiger partial charge in [-0.05, 0) is 89.0 Å². The standard InChI is InChI=1S/C51H34BrN5/c52-38-21-23-39(24-22-38)53-32-37-31-46-49(35-17-9-3-10-18-35)44-28-27-42(55-44)47(33-13-5-1-6-14-33)40-25-26-41(54-40)48(34-15-7-2-8-16-34)43-29-30-45(56-43)50(51(37)57-46)36-19-11-4-12-20-36/h1-32,55-56H. The van der Waals surface area contributed by atoms with Crippen molar-refractivity contribution in [1.82, 2.24) is 19.9 Å². The Morgan fingerprint density at radius 2 is 0.825 bits per heavy atom. The van der Waals surface area contributed by atoms with Gasteiger partial charge in [-0.15, -0.1) is 0 Å². The van der Waals surface area contributed by atoms with Crippen LogP contribution < -0.4 is 0 Å². The Balaban J connectivity index is 1.39. The van der Waals surface area contributed by atoms with Gasteiger partial charge in [0.1, 0.15) is 0 Å². The topological polar surface area (TPSA) is 69.7 Å². The zero-order valence-electron chi connectivity index (χ0n) is 30.7. The van der Waals surface area contributed by atoms with Gasteiger partial charge in [-0.1, -0.05) is 137 Å². The first-order valence-electron chi connectivity index (χ1n) is 18.9. The van der Waals surface area contributed by atoms with Crippen molar-refractivity contribution >= 4 is 73.7 Å². The van der Waals surface area contributed by atoms with E-state index in [9.17, 15) is 0 Å². The van der Waals surface area contributed by atoms with Crippen LogP contribution in [-0.4, -0.2) is 26.2 Å². The van der Waals surface area contributed by atoms with Crippen LogP contribution in [0.25, 0.3) is 90.4 Å². The van der Waals surface area contributed by atoms with Crippen LogP contribution in [0.5, 0.6) is 0 Å². The Kier molecular flexibility index (Phi) is 8.94. The van der Waals surface area contributed by atoms with E-state index in [0.29, 0.717) is 0 Å². The fourth-order valence-electron chi connectivity index (χ4n) is 7.71. The monoisotopic (exact) mass is 795 g/mol. The molecule has 2 aliphatic heterocycles. The van der Waals surface area contributed by atoms with Crippen molar-refractivity contribution in [2.24, 2.45) is 4.99 Å². The molecule has 0 saturated heterocycles. The van der Waals surface area contributed by atoms with E-state index in [1.807, 2.05) is 54.7 Å². The van der Waals surface area contributed by atoms with Crippen LogP contribution >= 0.6 is 15.9 Å². The van der Waals surface area contributed by atoms with Crippen molar-refractivity contribution in [3.8, 4) is 44.5 Å². The minimum atomic E-state index is 0.823. The molecule has 2 aliphatic rings. The van der Waals surface area contributed by atoms with Crippen LogP contribution in [0.4, 0.5) is 5.69 Å². The van der Waals surface area contributed by atoms with Crippen LogP contribution in [-0.2, 0) is 0 Å². The molecule has 3 aromatic heterocycles. The largest absolute Gasteiger partial charge is 0.354 e. The van der Waals surface area contributed by atoms with Crippen molar-refractivity contribution in [3.63, 3.8) is 0 Å². The first-order chi connectivity index (χ1) is 28.2. The lowest BCUT2D eigenvalue weighted by Gasteiger charge is -2.07. The molecule has 0 spiro atoms. The number of fused-ring (bicyclic) bond motifs is 8. The molecule has 0 atom stereocenters. The van der Waals surface area contributed by atoms with Crippen LogP contribution in [0.2, 0.25) is 0 Å². The third-order valence-electron chi connectivity index (χ3n) is 10.3. The predicted molar refractivity (Wildman–Crippen MR) is 242 cm³/mol. The maximum absolute atomic E-state index is 5.58. The van der Waals surface area contributed by atoms with Gasteiger partial charge in [0.25, 0.3) is 0 Å². The molecule has 6 heteroatoms. The molecule has 8 aromatic rings. The van der Waals surface area contributed by atoms with Crippen molar-refractivity contribution in [2.45, 2.75) is 0 Å². The minimum Gasteiger partial charge on any atom is -0.354 e. The highest BCUT2D eigenvalue weighted by Gasteiger charge is 2.22. The van der Waals surface area contributed by atoms with Crippen LogP contribution in [0.15, 0.2) is 179 Å².